The van der Waals surface area contributed by atoms with Crippen LogP contribution in [0.4, 0.5) is 5.69 Å². The van der Waals surface area contributed by atoms with Crippen molar-refractivity contribution in [3.05, 3.63) is 89.5 Å². The Bertz CT molecular complexity index is 1110. The first kappa shape index (κ1) is 21.0. The number of hydrogen-bond acceptors (Lipinski definition) is 4. The van der Waals surface area contributed by atoms with Crippen molar-refractivity contribution in [1.82, 2.24) is 5.32 Å². The van der Waals surface area contributed by atoms with E-state index < -0.39 is 10.0 Å². The number of hydrogen-bond donors (Lipinski definition) is 2. The van der Waals surface area contributed by atoms with E-state index in [-0.39, 0.29) is 16.4 Å². The maximum Gasteiger partial charge on any atom is 0.261 e. The third-order valence-corrected chi connectivity index (χ3v) is 6.41. The van der Waals surface area contributed by atoms with E-state index in [1.54, 1.807) is 42.1 Å². The van der Waals surface area contributed by atoms with Crippen LogP contribution in [-0.4, -0.2) is 20.6 Å². The Morgan fingerprint density at radius 2 is 1.69 bits per heavy atom. The standard InChI is InChI=1S/C22H22N2O3S2/c1-16-5-3-7-19(13-16)24-29(26,27)21-8-4-6-18(14-21)22(25)23-15-17-9-11-20(28-2)12-10-17/h3-14,24H,15H2,1-2H3,(H,23,25). The largest absolute Gasteiger partial charge is 0.348 e. The fourth-order valence-corrected chi connectivity index (χ4v) is 4.26. The van der Waals surface area contributed by atoms with Gasteiger partial charge in [0.05, 0.1) is 4.90 Å². The fraction of sp³-hybridized carbons (Fsp3) is 0.136. The van der Waals surface area contributed by atoms with Crippen molar-refractivity contribution in [2.24, 2.45) is 0 Å². The molecule has 0 aliphatic rings. The SMILES string of the molecule is CSc1ccc(CNC(=O)c2cccc(S(=O)(=O)Nc3cccc(C)c3)c2)cc1. The van der Waals surface area contributed by atoms with E-state index in [4.69, 9.17) is 0 Å². The number of nitrogens with one attached hydrogen (secondary N) is 2. The molecule has 150 valence electrons. The average Bonchev–Trinajstić information content (AvgIpc) is 2.72. The summed E-state index contributed by atoms with van der Waals surface area (Å²) in [6.07, 6.45) is 2.01. The molecule has 3 aromatic rings. The molecule has 0 radical (unpaired) electrons. The van der Waals surface area contributed by atoms with Crippen molar-refractivity contribution in [1.29, 1.82) is 0 Å². The summed E-state index contributed by atoms with van der Waals surface area (Å²) in [5.74, 6) is -0.327. The van der Waals surface area contributed by atoms with Crippen molar-refractivity contribution in [2.45, 2.75) is 23.3 Å². The average molecular weight is 427 g/mol. The van der Waals surface area contributed by atoms with Crippen LogP contribution in [-0.2, 0) is 16.6 Å². The molecule has 0 unspecified atom stereocenters. The lowest BCUT2D eigenvalue weighted by molar-refractivity contribution is 0.0950. The van der Waals surface area contributed by atoms with Gasteiger partial charge < -0.3 is 5.32 Å². The molecule has 0 aliphatic heterocycles. The molecular weight excluding hydrogens is 404 g/mol. The third kappa shape index (κ3) is 5.62. The monoisotopic (exact) mass is 426 g/mol. The molecule has 3 rings (SSSR count). The molecule has 0 spiro atoms. The van der Waals surface area contributed by atoms with Crippen LogP contribution in [0.25, 0.3) is 0 Å². The van der Waals surface area contributed by atoms with E-state index in [0.29, 0.717) is 12.2 Å². The van der Waals surface area contributed by atoms with Gasteiger partial charge in [-0.2, -0.15) is 0 Å². The van der Waals surface area contributed by atoms with Crippen LogP contribution < -0.4 is 10.0 Å². The van der Waals surface area contributed by atoms with E-state index in [1.807, 2.05) is 43.5 Å². The number of anilines is 1. The second kappa shape index (κ2) is 9.15. The molecule has 7 heteroatoms. The Morgan fingerprint density at radius 3 is 2.38 bits per heavy atom. The highest BCUT2D eigenvalue weighted by molar-refractivity contribution is 7.98. The van der Waals surface area contributed by atoms with Gasteiger partial charge in [-0.1, -0.05) is 30.3 Å². The zero-order valence-electron chi connectivity index (χ0n) is 16.2. The third-order valence-electron chi connectivity index (χ3n) is 4.29. The van der Waals surface area contributed by atoms with Crippen molar-refractivity contribution >= 4 is 33.4 Å². The summed E-state index contributed by atoms with van der Waals surface area (Å²) in [6.45, 7) is 2.25. The van der Waals surface area contributed by atoms with Crippen molar-refractivity contribution in [3.63, 3.8) is 0 Å². The van der Waals surface area contributed by atoms with Crippen LogP contribution in [0.2, 0.25) is 0 Å². The van der Waals surface area contributed by atoms with Gasteiger partial charge in [-0.3, -0.25) is 9.52 Å². The van der Waals surface area contributed by atoms with Crippen LogP contribution >= 0.6 is 11.8 Å². The quantitative estimate of drug-likeness (QED) is 0.548. The fourth-order valence-electron chi connectivity index (χ4n) is 2.75. The first-order chi connectivity index (χ1) is 13.9. The molecule has 0 bridgehead atoms. The van der Waals surface area contributed by atoms with E-state index >= 15 is 0 Å². The lowest BCUT2D eigenvalue weighted by Crippen LogP contribution is -2.23. The van der Waals surface area contributed by atoms with Crippen LogP contribution in [0.3, 0.4) is 0 Å². The molecule has 29 heavy (non-hydrogen) atoms. The molecule has 3 aromatic carbocycles. The maximum absolute atomic E-state index is 12.7. The molecule has 0 atom stereocenters. The van der Waals surface area contributed by atoms with Crippen LogP contribution in [0, 0.1) is 6.92 Å². The number of benzene rings is 3. The van der Waals surface area contributed by atoms with E-state index in [0.717, 1.165) is 16.0 Å². The van der Waals surface area contributed by atoms with Crippen molar-refractivity contribution in [3.8, 4) is 0 Å². The predicted molar refractivity (Wildman–Crippen MR) is 118 cm³/mol. The predicted octanol–water partition coefficient (Wildman–Crippen LogP) is 4.45. The molecule has 0 heterocycles. The molecule has 0 saturated carbocycles. The Hall–Kier alpha value is -2.77. The van der Waals surface area contributed by atoms with Gasteiger partial charge in [-0.15, -0.1) is 11.8 Å². The summed E-state index contributed by atoms with van der Waals surface area (Å²) in [6, 6.07) is 21.0. The number of carbonyl (C=O) groups excluding carboxylic acids is 1. The lowest BCUT2D eigenvalue weighted by atomic mass is 10.2. The topological polar surface area (TPSA) is 75.3 Å². The minimum absolute atomic E-state index is 0.0379. The molecule has 2 N–H and O–H groups in total. The summed E-state index contributed by atoms with van der Waals surface area (Å²) in [7, 11) is -3.79. The summed E-state index contributed by atoms with van der Waals surface area (Å²) in [5, 5.41) is 2.83. The Balaban J connectivity index is 1.71. The van der Waals surface area contributed by atoms with E-state index in [1.165, 1.54) is 12.1 Å². The highest BCUT2D eigenvalue weighted by Gasteiger charge is 2.16. The highest BCUT2D eigenvalue weighted by Crippen LogP contribution is 2.18. The normalized spacial score (nSPS) is 11.1. The summed E-state index contributed by atoms with van der Waals surface area (Å²) >= 11 is 1.65. The maximum atomic E-state index is 12.7. The minimum atomic E-state index is -3.79. The zero-order valence-corrected chi connectivity index (χ0v) is 17.8. The summed E-state index contributed by atoms with van der Waals surface area (Å²) in [4.78, 5) is 13.7. The van der Waals surface area contributed by atoms with Gasteiger partial charge >= 0.3 is 0 Å². The number of amides is 1. The van der Waals surface area contributed by atoms with Gasteiger partial charge in [0.1, 0.15) is 0 Å². The molecule has 0 aliphatic carbocycles. The smallest absolute Gasteiger partial charge is 0.261 e. The molecule has 1 amide bonds. The first-order valence-electron chi connectivity index (χ1n) is 8.98. The van der Waals surface area contributed by atoms with Gasteiger partial charge in [-0.25, -0.2) is 8.42 Å². The minimum Gasteiger partial charge on any atom is -0.348 e. The highest BCUT2D eigenvalue weighted by atomic mass is 32.2. The lowest BCUT2D eigenvalue weighted by Gasteiger charge is -2.10. The van der Waals surface area contributed by atoms with E-state index in [9.17, 15) is 13.2 Å². The van der Waals surface area contributed by atoms with Gasteiger partial charge in [0, 0.05) is 22.7 Å². The molecule has 0 aromatic heterocycles. The second-order valence-corrected chi connectivity index (χ2v) is 9.10. The van der Waals surface area contributed by atoms with Crippen LogP contribution in [0.1, 0.15) is 21.5 Å². The number of aryl methyl sites for hydroxylation is 1. The Labute approximate surface area is 175 Å². The molecule has 0 saturated heterocycles. The van der Waals surface area contributed by atoms with Crippen LogP contribution in [0.5, 0.6) is 0 Å². The number of thioether (sulfide) groups is 1. The molecule has 0 fully saturated rings. The number of sulfonamides is 1. The van der Waals surface area contributed by atoms with Gasteiger partial charge in [0.15, 0.2) is 0 Å². The molecular formula is C22H22N2O3S2. The van der Waals surface area contributed by atoms with Crippen LogP contribution in [0.15, 0.2) is 82.6 Å². The Morgan fingerprint density at radius 1 is 0.966 bits per heavy atom. The summed E-state index contributed by atoms with van der Waals surface area (Å²) < 4.78 is 27.9. The van der Waals surface area contributed by atoms with Gasteiger partial charge in [0.25, 0.3) is 15.9 Å². The zero-order chi connectivity index (χ0) is 20.9. The summed E-state index contributed by atoms with van der Waals surface area (Å²) in [5.41, 5.74) is 2.69. The number of carbonyl (C=O) groups is 1. The molecule has 5 nitrogen and oxygen atoms in total. The van der Waals surface area contributed by atoms with Gasteiger partial charge in [0.2, 0.25) is 0 Å². The van der Waals surface area contributed by atoms with Crippen molar-refractivity contribution < 1.29 is 13.2 Å². The van der Waals surface area contributed by atoms with Gasteiger partial charge in [-0.05, 0) is 66.8 Å². The Kier molecular flexibility index (Phi) is 6.61. The van der Waals surface area contributed by atoms with Crippen molar-refractivity contribution in [2.75, 3.05) is 11.0 Å². The second-order valence-electron chi connectivity index (χ2n) is 6.53. The number of rotatable bonds is 7. The first-order valence-corrected chi connectivity index (χ1v) is 11.7. The van der Waals surface area contributed by atoms with E-state index in [2.05, 4.69) is 10.0 Å².